The minimum Gasteiger partial charge on any atom is -0.361 e. The summed E-state index contributed by atoms with van der Waals surface area (Å²) < 4.78 is 16.8. The topological polar surface area (TPSA) is 67.1 Å². The van der Waals surface area contributed by atoms with Gasteiger partial charge in [0.15, 0.2) is 0 Å². The minimum absolute atomic E-state index is 0.0687. The summed E-state index contributed by atoms with van der Waals surface area (Å²) in [7, 11) is 0. The smallest absolute Gasteiger partial charge is 0.251 e. The van der Waals surface area contributed by atoms with E-state index in [1.54, 1.807) is 41.1 Å². The molecule has 5 rings (SSSR count). The van der Waals surface area contributed by atoms with Gasteiger partial charge in [-0.2, -0.15) is 5.10 Å². The number of fused-ring (bicyclic) bond motifs is 1. The molecule has 0 atom stereocenters. The monoisotopic (exact) mass is 497 g/mol. The van der Waals surface area contributed by atoms with Gasteiger partial charge in [-0.25, -0.2) is 13.9 Å². The predicted octanol–water partition coefficient (Wildman–Crippen LogP) is 6.91. The van der Waals surface area contributed by atoms with Gasteiger partial charge in [-0.1, -0.05) is 29.8 Å². The maximum absolute atomic E-state index is 15.1. The second-order valence-electron chi connectivity index (χ2n) is 8.47. The van der Waals surface area contributed by atoms with E-state index in [4.69, 9.17) is 18.2 Å². The summed E-state index contributed by atoms with van der Waals surface area (Å²) in [4.78, 5) is 19.1. The van der Waals surface area contributed by atoms with Crippen molar-refractivity contribution in [2.24, 2.45) is 0 Å². The Morgan fingerprint density at radius 3 is 2.72 bits per heavy atom. The van der Waals surface area contributed by atoms with Crippen molar-refractivity contribution in [1.82, 2.24) is 20.1 Å². The van der Waals surface area contributed by atoms with Gasteiger partial charge in [0, 0.05) is 51.1 Å². The van der Waals surface area contributed by atoms with Crippen LogP contribution in [0.15, 0.2) is 66.9 Å². The number of amides is 1. The van der Waals surface area contributed by atoms with Crippen LogP contribution < -0.4 is 5.32 Å². The van der Waals surface area contributed by atoms with Crippen molar-refractivity contribution in [3.8, 4) is 16.8 Å². The van der Waals surface area contributed by atoms with Crippen LogP contribution in [-0.2, 0) is 6.54 Å². The zero-order chi connectivity index (χ0) is 25.4. The number of H-pyrrole nitrogens is 1. The molecule has 0 fully saturated rings. The first-order valence-electron chi connectivity index (χ1n) is 11.2. The highest BCUT2D eigenvalue weighted by molar-refractivity contribution is 6.33. The zero-order valence-electron chi connectivity index (χ0n) is 19.6. The maximum atomic E-state index is 15.1. The zero-order valence-corrected chi connectivity index (χ0v) is 20.3. The van der Waals surface area contributed by atoms with E-state index >= 15 is 4.39 Å². The van der Waals surface area contributed by atoms with Gasteiger partial charge >= 0.3 is 0 Å². The number of benzene rings is 3. The molecule has 1 amide bonds. The average Bonchev–Trinajstić information content (AvgIpc) is 3.46. The van der Waals surface area contributed by atoms with Crippen LogP contribution in [0.2, 0.25) is 5.02 Å². The Balaban J connectivity index is 1.37. The third kappa shape index (κ3) is 4.23. The maximum Gasteiger partial charge on any atom is 0.251 e. The average molecular weight is 498 g/mol. The highest BCUT2D eigenvalue weighted by Crippen LogP contribution is 2.32. The molecule has 2 heterocycles. The molecule has 36 heavy (non-hydrogen) atoms. The number of halogens is 2. The van der Waals surface area contributed by atoms with Crippen LogP contribution in [0.3, 0.4) is 0 Å². The fourth-order valence-electron chi connectivity index (χ4n) is 4.35. The predicted molar refractivity (Wildman–Crippen MR) is 139 cm³/mol. The molecule has 178 valence electrons. The highest BCUT2D eigenvalue weighted by atomic mass is 35.5. The molecule has 3 aromatic carbocycles. The molecule has 0 bridgehead atoms. The lowest BCUT2D eigenvalue weighted by Crippen LogP contribution is -2.23. The molecule has 0 saturated carbocycles. The Morgan fingerprint density at radius 1 is 1.14 bits per heavy atom. The number of nitrogens with zero attached hydrogens (tertiary/aromatic N) is 3. The van der Waals surface area contributed by atoms with Crippen molar-refractivity contribution in [3.63, 3.8) is 0 Å². The van der Waals surface area contributed by atoms with Crippen molar-refractivity contribution in [2.75, 3.05) is 0 Å². The SMILES string of the molecule is [C-]#[N+]c1ccc(-n2nc(C)c(-c3ccc(CNC(=O)c4ccc5[nH]ccc5c4)c(F)c3)c2C)cc1Cl. The summed E-state index contributed by atoms with van der Waals surface area (Å²) in [6, 6.07) is 17.4. The Bertz CT molecular complexity index is 1680. The Morgan fingerprint density at radius 2 is 1.97 bits per heavy atom. The number of aromatic nitrogens is 3. The fourth-order valence-corrected chi connectivity index (χ4v) is 4.57. The number of rotatable bonds is 5. The van der Waals surface area contributed by atoms with Crippen LogP contribution in [0.4, 0.5) is 10.1 Å². The van der Waals surface area contributed by atoms with Crippen LogP contribution in [0.25, 0.3) is 32.6 Å². The lowest BCUT2D eigenvalue weighted by atomic mass is 10.0. The van der Waals surface area contributed by atoms with Crippen molar-refractivity contribution in [1.29, 1.82) is 0 Å². The molecule has 0 aliphatic carbocycles. The van der Waals surface area contributed by atoms with Crippen LogP contribution in [-0.4, -0.2) is 20.7 Å². The van der Waals surface area contributed by atoms with Crippen molar-refractivity contribution in [3.05, 3.63) is 112 Å². The quantitative estimate of drug-likeness (QED) is 0.259. The molecular weight excluding hydrogens is 477 g/mol. The van der Waals surface area contributed by atoms with Gasteiger partial charge in [0.05, 0.1) is 18.0 Å². The van der Waals surface area contributed by atoms with Gasteiger partial charge in [0.1, 0.15) is 5.82 Å². The number of nitrogens with one attached hydrogen (secondary N) is 2. The summed E-state index contributed by atoms with van der Waals surface area (Å²) in [5.41, 5.74) is 6.00. The molecular formula is C28H21ClFN5O. The number of carbonyl (C=O) groups excluding carboxylic acids is 1. The summed E-state index contributed by atoms with van der Waals surface area (Å²) in [5.74, 6) is -0.678. The van der Waals surface area contributed by atoms with E-state index in [1.807, 2.05) is 38.2 Å². The number of hydrogen-bond acceptors (Lipinski definition) is 2. The summed E-state index contributed by atoms with van der Waals surface area (Å²) in [6.45, 7) is 11.0. The number of aromatic amines is 1. The van der Waals surface area contributed by atoms with Gasteiger partial charge < -0.3 is 10.3 Å². The van der Waals surface area contributed by atoms with E-state index in [9.17, 15) is 4.79 Å². The second kappa shape index (κ2) is 9.33. The second-order valence-corrected chi connectivity index (χ2v) is 8.88. The van der Waals surface area contributed by atoms with E-state index in [0.717, 1.165) is 33.5 Å². The molecule has 0 unspecified atom stereocenters. The lowest BCUT2D eigenvalue weighted by Gasteiger charge is -2.10. The van der Waals surface area contributed by atoms with Crippen LogP contribution in [0.1, 0.15) is 27.3 Å². The Hall–Kier alpha value is -4.41. The molecule has 0 saturated heterocycles. The van der Waals surface area contributed by atoms with Crippen LogP contribution >= 0.6 is 11.6 Å². The number of carbonyl (C=O) groups is 1. The summed E-state index contributed by atoms with van der Waals surface area (Å²) in [6.07, 6.45) is 1.82. The minimum atomic E-state index is -0.412. The molecule has 0 radical (unpaired) electrons. The van der Waals surface area contributed by atoms with Gasteiger partial charge in [-0.05, 0) is 61.9 Å². The van der Waals surface area contributed by atoms with E-state index in [0.29, 0.717) is 27.4 Å². The normalized spacial score (nSPS) is 11.0. The van der Waals surface area contributed by atoms with Crippen molar-refractivity contribution < 1.29 is 9.18 Å². The van der Waals surface area contributed by atoms with Crippen molar-refractivity contribution in [2.45, 2.75) is 20.4 Å². The van der Waals surface area contributed by atoms with E-state index in [1.165, 1.54) is 6.07 Å². The molecule has 2 N–H and O–H groups in total. The van der Waals surface area contributed by atoms with Crippen molar-refractivity contribution >= 4 is 34.1 Å². The molecule has 2 aromatic heterocycles. The third-order valence-corrected chi connectivity index (χ3v) is 6.49. The number of aryl methyl sites for hydroxylation is 1. The van der Waals surface area contributed by atoms with E-state index in [2.05, 4.69) is 20.2 Å². The molecule has 0 aliphatic heterocycles. The molecule has 0 spiro atoms. The standard InChI is InChI=1S/C28H21ClFN5O/c1-16-27(17(2)35(34-16)22-7-9-26(31-3)23(29)14-22)19-4-5-21(24(30)13-19)15-33-28(36)20-6-8-25-18(12-20)10-11-32-25/h4-14,32H,15H2,1-2H3,(H,33,36). The summed E-state index contributed by atoms with van der Waals surface area (Å²) in [5, 5.41) is 8.70. The van der Waals surface area contributed by atoms with Crippen LogP contribution in [0.5, 0.6) is 0 Å². The molecule has 0 aliphatic rings. The van der Waals surface area contributed by atoms with Crippen LogP contribution in [0, 0.1) is 26.2 Å². The van der Waals surface area contributed by atoms with Gasteiger partial charge in [0.25, 0.3) is 5.91 Å². The first kappa shape index (κ1) is 23.3. The van der Waals surface area contributed by atoms with E-state index < -0.39 is 5.82 Å². The Labute approximate surface area is 212 Å². The van der Waals surface area contributed by atoms with Gasteiger partial charge in [0.2, 0.25) is 5.69 Å². The number of hydrogen-bond donors (Lipinski definition) is 2. The highest BCUT2D eigenvalue weighted by Gasteiger charge is 2.17. The van der Waals surface area contributed by atoms with Gasteiger partial charge in [-0.15, -0.1) is 0 Å². The lowest BCUT2D eigenvalue weighted by molar-refractivity contribution is 0.0950. The molecule has 8 heteroatoms. The first-order chi connectivity index (χ1) is 17.4. The van der Waals surface area contributed by atoms with Gasteiger partial charge in [-0.3, -0.25) is 4.79 Å². The molecule has 6 nitrogen and oxygen atoms in total. The largest absolute Gasteiger partial charge is 0.361 e. The first-order valence-corrected chi connectivity index (χ1v) is 11.6. The van der Waals surface area contributed by atoms with E-state index in [-0.39, 0.29) is 12.5 Å². The Kier molecular flexibility index (Phi) is 6.05. The fraction of sp³-hybridized carbons (Fsp3) is 0.107. The third-order valence-electron chi connectivity index (χ3n) is 6.18. The molecule has 5 aromatic rings. The summed E-state index contributed by atoms with van der Waals surface area (Å²) >= 11 is 6.21.